The first-order valence-electron chi connectivity index (χ1n) is 4.02. The molecule has 15 heavy (non-hydrogen) atoms. The molecular weight excluding hydrogens is 261 g/mol. The van der Waals surface area contributed by atoms with Crippen molar-refractivity contribution in [3.63, 3.8) is 0 Å². The van der Waals surface area contributed by atoms with Crippen molar-refractivity contribution in [3.05, 3.63) is 39.9 Å². The van der Waals surface area contributed by atoms with Crippen molar-refractivity contribution in [1.82, 2.24) is 0 Å². The van der Waals surface area contributed by atoms with E-state index in [9.17, 15) is 10.1 Å². The van der Waals surface area contributed by atoms with Crippen molar-refractivity contribution in [2.75, 3.05) is 0 Å². The summed E-state index contributed by atoms with van der Waals surface area (Å²) in [6, 6.07) is 6.25. The van der Waals surface area contributed by atoms with Gasteiger partial charge in [-0.1, -0.05) is 0 Å². The van der Waals surface area contributed by atoms with Gasteiger partial charge in [0.2, 0.25) is 0 Å². The number of nitrogens with zero attached hydrogens (tertiary/aromatic N) is 2. The van der Waals surface area contributed by atoms with Crippen molar-refractivity contribution in [1.29, 1.82) is 0 Å². The van der Waals surface area contributed by atoms with Gasteiger partial charge in [0.25, 0.3) is 0 Å². The van der Waals surface area contributed by atoms with Crippen LogP contribution in [0, 0.1) is 10.1 Å². The number of nitro groups is 1. The molecule has 3 N–H and O–H groups in total. The molecule has 0 aliphatic carbocycles. The number of hydrogen-bond acceptors (Lipinski definition) is 4. The molecule has 0 amide bonds. The van der Waals surface area contributed by atoms with Gasteiger partial charge in [0.1, 0.15) is 0 Å². The van der Waals surface area contributed by atoms with Crippen LogP contribution in [0.4, 0.5) is 5.69 Å². The topological polar surface area (TPSA) is 102 Å². The predicted octanol–water partition coefficient (Wildman–Crippen LogP) is 0.503. The van der Waals surface area contributed by atoms with Crippen LogP contribution in [0.5, 0.6) is 0 Å². The fourth-order valence-electron chi connectivity index (χ4n) is 0.927. The summed E-state index contributed by atoms with van der Waals surface area (Å²) in [5.74, 6) is 0. The standard InChI is InChI=1S/C8H9AsN3O3/c10-8(11-13)9-5-6-1-3-7(4-2-6)12(14)15/h1-4,13H,5H2,(H2,10,11). The third-order valence-electron chi connectivity index (χ3n) is 1.67. The fraction of sp³-hybridized carbons (Fsp3) is 0.125. The second kappa shape index (κ2) is 5.36. The monoisotopic (exact) mass is 270 g/mol. The third kappa shape index (κ3) is 3.59. The number of oxime groups is 1. The molecule has 7 heteroatoms. The van der Waals surface area contributed by atoms with Crippen molar-refractivity contribution >= 4 is 26.1 Å². The molecule has 0 heterocycles. The van der Waals surface area contributed by atoms with E-state index in [1.54, 1.807) is 12.1 Å². The van der Waals surface area contributed by atoms with Crippen LogP contribution in [0.3, 0.4) is 0 Å². The van der Waals surface area contributed by atoms with E-state index in [4.69, 9.17) is 10.9 Å². The SMILES string of the molecule is NC(=NO)[As]Cc1ccc([N+](=O)[O-])cc1. The summed E-state index contributed by atoms with van der Waals surface area (Å²) in [4.78, 5) is 9.92. The summed E-state index contributed by atoms with van der Waals surface area (Å²) >= 11 is -0.393. The van der Waals surface area contributed by atoms with E-state index in [0.29, 0.717) is 5.21 Å². The van der Waals surface area contributed by atoms with Gasteiger partial charge in [0.05, 0.1) is 0 Å². The minimum absolute atomic E-state index is 0.0683. The number of benzene rings is 1. The van der Waals surface area contributed by atoms with Crippen molar-refractivity contribution in [3.8, 4) is 0 Å². The van der Waals surface area contributed by atoms with Crippen molar-refractivity contribution < 1.29 is 10.1 Å². The molecule has 1 radical (unpaired) electrons. The van der Waals surface area contributed by atoms with Gasteiger partial charge >= 0.3 is 92.2 Å². The molecule has 0 aliphatic rings. The molecule has 0 fully saturated rings. The Labute approximate surface area is 92.6 Å². The number of amidine groups is 1. The average Bonchev–Trinajstić information content (AvgIpc) is 2.26. The van der Waals surface area contributed by atoms with Crippen LogP contribution >= 0.6 is 0 Å². The first-order chi connectivity index (χ1) is 7.13. The van der Waals surface area contributed by atoms with Gasteiger partial charge in [-0.25, -0.2) is 0 Å². The Balaban J connectivity index is 2.61. The van der Waals surface area contributed by atoms with E-state index in [0.717, 1.165) is 5.56 Å². The Morgan fingerprint density at radius 3 is 2.60 bits per heavy atom. The number of nitro benzene ring substituents is 1. The Hall–Kier alpha value is -1.55. The Bertz CT molecular complexity index is 377. The zero-order valence-corrected chi connectivity index (χ0v) is 9.58. The second-order valence-corrected chi connectivity index (χ2v) is 4.99. The maximum atomic E-state index is 10.4. The van der Waals surface area contributed by atoms with E-state index < -0.39 is 20.7 Å². The van der Waals surface area contributed by atoms with Gasteiger partial charge in [-0.2, -0.15) is 0 Å². The van der Waals surface area contributed by atoms with E-state index in [1.807, 2.05) is 0 Å². The van der Waals surface area contributed by atoms with Crippen LogP contribution in [0.25, 0.3) is 0 Å². The molecular formula is C8H9AsN3O3. The molecule has 0 spiro atoms. The van der Waals surface area contributed by atoms with Crippen LogP contribution in [0.2, 0.25) is 0 Å². The number of non-ortho nitro benzene ring substituents is 1. The molecule has 79 valence electrons. The van der Waals surface area contributed by atoms with E-state index >= 15 is 0 Å². The minimum atomic E-state index is -0.443. The number of nitrogens with two attached hydrogens (primary N) is 1. The number of rotatable bonds is 4. The summed E-state index contributed by atoms with van der Waals surface area (Å²) in [6.07, 6.45) is 0. The van der Waals surface area contributed by atoms with Crippen LogP contribution in [-0.4, -0.2) is 30.5 Å². The van der Waals surface area contributed by atoms with Crippen molar-refractivity contribution in [2.24, 2.45) is 10.9 Å². The second-order valence-electron chi connectivity index (χ2n) is 2.70. The molecule has 0 atom stereocenters. The van der Waals surface area contributed by atoms with E-state index in [-0.39, 0.29) is 10.3 Å². The van der Waals surface area contributed by atoms with Gasteiger partial charge in [0, 0.05) is 0 Å². The number of hydrogen-bond donors (Lipinski definition) is 2. The first kappa shape index (κ1) is 11.5. The van der Waals surface area contributed by atoms with Crippen LogP contribution in [0.15, 0.2) is 29.4 Å². The van der Waals surface area contributed by atoms with Crippen LogP contribution < -0.4 is 5.73 Å². The molecule has 1 rings (SSSR count). The quantitative estimate of drug-likeness (QED) is 0.208. The molecule has 0 aromatic heterocycles. The Morgan fingerprint density at radius 1 is 1.53 bits per heavy atom. The van der Waals surface area contributed by atoms with E-state index in [1.165, 1.54) is 12.1 Å². The normalized spacial score (nSPS) is 12.1. The summed E-state index contributed by atoms with van der Waals surface area (Å²) in [5.41, 5.74) is 6.35. The summed E-state index contributed by atoms with van der Waals surface area (Å²) in [7, 11) is 0. The molecule has 1 aromatic carbocycles. The fourth-order valence-corrected chi connectivity index (χ4v) is 2.22. The van der Waals surface area contributed by atoms with Crippen LogP contribution in [-0.2, 0) is 5.21 Å². The van der Waals surface area contributed by atoms with Crippen LogP contribution in [0.1, 0.15) is 5.56 Å². The molecule has 6 nitrogen and oxygen atoms in total. The Kier molecular flexibility index (Phi) is 4.12. The zero-order valence-electron chi connectivity index (χ0n) is 7.70. The molecule has 0 bridgehead atoms. The van der Waals surface area contributed by atoms with Gasteiger partial charge in [-0.15, -0.1) is 0 Å². The summed E-state index contributed by atoms with van der Waals surface area (Å²) < 4.78 is 0.240. The maximum absolute atomic E-state index is 10.4. The summed E-state index contributed by atoms with van der Waals surface area (Å²) in [5, 5.41) is 22.3. The van der Waals surface area contributed by atoms with Gasteiger partial charge < -0.3 is 0 Å². The Morgan fingerprint density at radius 2 is 2.13 bits per heavy atom. The van der Waals surface area contributed by atoms with E-state index in [2.05, 4.69) is 5.16 Å². The van der Waals surface area contributed by atoms with Gasteiger partial charge in [-0.3, -0.25) is 0 Å². The zero-order chi connectivity index (χ0) is 11.3. The first-order valence-corrected chi connectivity index (χ1v) is 6.28. The molecule has 0 aliphatic heterocycles. The van der Waals surface area contributed by atoms with Crippen molar-refractivity contribution in [2.45, 2.75) is 5.21 Å². The molecule has 0 saturated heterocycles. The molecule has 0 saturated carbocycles. The predicted molar refractivity (Wildman–Crippen MR) is 56.0 cm³/mol. The molecule has 0 unspecified atom stereocenters. The van der Waals surface area contributed by atoms with Gasteiger partial charge in [-0.05, 0) is 0 Å². The molecule has 1 aromatic rings. The third-order valence-corrected chi connectivity index (χ3v) is 3.64. The average molecular weight is 270 g/mol. The summed E-state index contributed by atoms with van der Waals surface area (Å²) in [6.45, 7) is 0. The van der Waals surface area contributed by atoms with Gasteiger partial charge in [0.15, 0.2) is 0 Å².